The maximum Gasteiger partial charge on any atom is 0.472 e. The third-order valence-electron chi connectivity index (χ3n) is 19.3. The van der Waals surface area contributed by atoms with Crippen LogP contribution in [0.25, 0.3) is 0 Å². The summed E-state index contributed by atoms with van der Waals surface area (Å²) in [5, 5.41) is 10.7. The van der Waals surface area contributed by atoms with Gasteiger partial charge >= 0.3 is 39.5 Å². The summed E-state index contributed by atoms with van der Waals surface area (Å²) in [6, 6.07) is 0. The molecule has 19 heteroatoms. The minimum atomic E-state index is -4.97. The van der Waals surface area contributed by atoms with Crippen molar-refractivity contribution in [2.24, 2.45) is 17.8 Å². The number of carbonyl (C=O) groups excluding carboxylic acids is 4. The number of hydrogen-bond donors (Lipinski definition) is 3. The number of allylic oxidation sites excluding steroid dienone is 4. The van der Waals surface area contributed by atoms with Crippen LogP contribution in [0.15, 0.2) is 24.3 Å². The topological polar surface area (TPSA) is 237 Å². The monoisotopic (exact) mass is 1520 g/mol. The number of aliphatic hydroxyl groups is 1. The molecule has 0 bridgehead atoms. The first-order valence-corrected chi connectivity index (χ1v) is 46.2. The molecule has 104 heavy (non-hydrogen) atoms. The number of esters is 4. The Bertz CT molecular complexity index is 2100. The van der Waals surface area contributed by atoms with Gasteiger partial charge in [0.25, 0.3) is 0 Å². The summed E-state index contributed by atoms with van der Waals surface area (Å²) in [4.78, 5) is 73.1. The minimum absolute atomic E-state index is 0.0845. The number of phosphoric acid groups is 2. The number of phosphoric ester groups is 2. The van der Waals surface area contributed by atoms with Crippen molar-refractivity contribution < 1.29 is 80.2 Å². The van der Waals surface area contributed by atoms with Crippen molar-refractivity contribution in [1.82, 2.24) is 0 Å². The van der Waals surface area contributed by atoms with E-state index in [1.54, 1.807) is 0 Å². The van der Waals surface area contributed by atoms with Gasteiger partial charge in [-0.25, -0.2) is 9.13 Å². The molecule has 0 aromatic carbocycles. The van der Waals surface area contributed by atoms with Crippen LogP contribution >= 0.6 is 15.6 Å². The lowest BCUT2D eigenvalue weighted by Crippen LogP contribution is -2.30. The molecule has 3 N–H and O–H groups in total. The van der Waals surface area contributed by atoms with E-state index in [4.69, 9.17) is 37.0 Å². The van der Waals surface area contributed by atoms with Crippen molar-refractivity contribution in [1.29, 1.82) is 0 Å². The fraction of sp³-hybridized carbons (Fsp3) is 0.906. The zero-order chi connectivity index (χ0) is 76.5. The molecule has 0 aliphatic carbocycles. The summed E-state index contributed by atoms with van der Waals surface area (Å²) in [6.07, 6.45) is 67.5. The Morgan fingerprint density at radius 1 is 0.298 bits per heavy atom. The molecule has 0 saturated heterocycles. The van der Waals surface area contributed by atoms with Crippen molar-refractivity contribution in [2.75, 3.05) is 39.6 Å². The SMILES string of the molecule is CCCCCC/C=C\C=C/CCCCCCCC(=O)O[C@H](COC(=O)CCCCCCCCCCC(C)C)COP(=O)(O)OC[C@H](O)COP(=O)(O)OC[C@@H](COC(=O)CCCCCCCCCCCCCCCCC(C)C)OC(=O)CCCCCCCCCCCCCCCCCCCCC(C)C. The van der Waals surface area contributed by atoms with Crippen molar-refractivity contribution >= 4 is 39.5 Å². The molecule has 0 aliphatic heterocycles. The van der Waals surface area contributed by atoms with Crippen LogP contribution in [0.1, 0.15) is 421 Å². The summed E-state index contributed by atoms with van der Waals surface area (Å²) in [6.45, 7) is 11.9. The molecule has 0 radical (unpaired) electrons. The van der Waals surface area contributed by atoms with Crippen LogP contribution in [0, 0.1) is 17.8 Å². The first-order chi connectivity index (χ1) is 50.2. The number of rotatable bonds is 81. The first-order valence-electron chi connectivity index (χ1n) is 43.2. The van der Waals surface area contributed by atoms with Gasteiger partial charge in [-0.3, -0.25) is 37.3 Å². The Balaban J connectivity index is 5.27. The van der Waals surface area contributed by atoms with E-state index in [-0.39, 0.29) is 25.7 Å². The standard InChI is InChI=1S/C85H162O17P2/c1-8-9-10-11-12-13-14-15-20-28-33-38-47-54-61-68-85(90)102-81(73-96-83(88)67-60-53-46-41-40-44-51-58-65-78(6)7)75-100-104(93,94)98-71-79(86)70-97-103(91,92)99-74-80(72-95-82(87)66-59-52-45-37-32-27-24-23-26-31-36-43-50-57-64-77(4)5)101-84(89)69-62-55-48-39-34-29-22-19-17-16-18-21-25-30-35-42-49-56-63-76(2)3/h13-15,20,76-81,86H,8-12,16-19,21-75H2,1-7H3,(H,91,92)(H,93,94)/b14-13-,20-15-/t79-,80-,81-/m1/s1. The van der Waals surface area contributed by atoms with Crippen LogP contribution in [0.4, 0.5) is 0 Å². The summed E-state index contributed by atoms with van der Waals surface area (Å²) in [7, 11) is -9.94. The Labute approximate surface area is 637 Å². The van der Waals surface area contributed by atoms with E-state index in [2.05, 4.69) is 72.8 Å². The lowest BCUT2D eigenvalue weighted by molar-refractivity contribution is -0.161. The zero-order valence-electron chi connectivity index (χ0n) is 68.0. The maximum absolute atomic E-state index is 13.1. The van der Waals surface area contributed by atoms with Crippen molar-refractivity contribution in [3.05, 3.63) is 24.3 Å². The summed E-state index contributed by atoms with van der Waals surface area (Å²) in [5.41, 5.74) is 0. The number of unbranched alkanes of at least 4 members (excludes halogenated alkanes) is 46. The van der Waals surface area contributed by atoms with E-state index in [1.165, 1.54) is 212 Å². The average molecular weight is 1520 g/mol. The van der Waals surface area contributed by atoms with Gasteiger partial charge in [0, 0.05) is 25.7 Å². The first kappa shape index (κ1) is 102. The van der Waals surface area contributed by atoms with Gasteiger partial charge in [0.15, 0.2) is 12.2 Å². The summed E-state index contributed by atoms with van der Waals surface area (Å²) < 4.78 is 68.8. The highest BCUT2D eigenvalue weighted by atomic mass is 31.2. The molecule has 17 nitrogen and oxygen atoms in total. The molecule has 0 aromatic rings. The van der Waals surface area contributed by atoms with Gasteiger partial charge in [-0.2, -0.15) is 0 Å². The van der Waals surface area contributed by atoms with E-state index >= 15 is 0 Å². The van der Waals surface area contributed by atoms with E-state index in [0.29, 0.717) is 25.7 Å². The molecule has 0 saturated carbocycles. The fourth-order valence-electron chi connectivity index (χ4n) is 12.7. The molecule has 5 atom stereocenters. The largest absolute Gasteiger partial charge is 0.472 e. The molecule has 0 fully saturated rings. The van der Waals surface area contributed by atoms with Gasteiger partial charge in [-0.15, -0.1) is 0 Å². The predicted molar refractivity (Wildman–Crippen MR) is 427 cm³/mol. The van der Waals surface area contributed by atoms with Crippen molar-refractivity contribution in [2.45, 2.75) is 439 Å². The molecule has 0 aromatic heterocycles. The third kappa shape index (κ3) is 77.7. The highest BCUT2D eigenvalue weighted by Gasteiger charge is 2.30. The van der Waals surface area contributed by atoms with E-state index in [9.17, 15) is 43.2 Å². The third-order valence-corrected chi connectivity index (χ3v) is 21.2. The number of hydrogen-bond acceptors (Lipinski definition) is 15. The molecular weight excluding hydrogens is 1350 g/mol. The quantitative estimate of drug-likeness (QED) is 0.0169. The second-order valence-electron chi connectivity index (χ2n) is 31.3. The van der Waals surface area contributed by atoms with Crippen LogP contribution in [-0.4, -0.2) is 96.7 Å². The predicted octanol–water partition coefficient (Wildman–Crippen LogP) is 25.3. The van der Waals surface area contributed by atoms with Gasteiger partial charge < -0.3 is 33.8 Å². The summed E-state index contributed by atoms with van der Waals surface area (Å²) in [5.74, 6) is 0.203. The molecule has 0 aliphatic rings. The van der Waals surface area contributed by atoms with Crippen LogP contribution < -0.4 is 0 Å². The molecule has 0 spiro atoms. The van der Waals surface area contributed by atoms with Crippen LogP contribution in [0.2, 0.25) is 0 Å². The Morgan fingerprint density at radius 3 is 0.779 bits per heavy atom. The Kier molecular flexibility index (Phi) is 72.9. The fourth-order valence-corrected chi connectivity index (χ4v) is 14.2. The highest BCUT2D eigenvalue weighted by molar-refractivity contribution is 7.47. The van der Waals surface area contributed by atoms with Gasteiger partial charge in [0.1, 0.15) is 19.3 Å². The second kappa shape index (κ2) is 74.6. The average Bonchev–Trinajstić information content (AvgIpc) is 0.904. The molecule has 614 valence electrons. The normalized spacial score (nSPS) is 14.0. The van der Waals surface area contributed by atoms with Gasteiger partial charge in [-0.05, 0) is 69.1 Å². The molecular formula is C85H162O17P2. The number of aliphatic hydroxyl groups excluding tert-OH is 1. The number of carbonyl (C=O) groups is 4. The minimum Gasteiger partial charge on any atom is -0.462 e. The van der Waals surface area contributed by atoms with Crippen LogP contribution in [-0.2, 0) is 65.4 Å². The smallest absolute Gasteiger partial charge is 0.462 e. The van der Waals surface area contributed by atoms with E-state index in [0.717, 1.165) is 127 Å². The van der Waals surface area contributed by atoms with Crippen LogP contribution in [0.5, 0.6) is 0 Å². The van der Waals surface area contributed by atoms with Crippen molar-refractivity contribution in [3.63, 3.8) is 0 Å². The highest BCUT2D eigenvalue weighted by Crippen LogP contribution is 2.45. The molecule has 0 heterocycles. The van der Waals surface area contributed by atoms with E-state index in [1.807, 2.05) is 0 Å². The second-order valence-corrected chi connectivity index (χ2v) is 34.2. The van der Waals surface area contributed by atoms with Gasteiger partial charge in [0.2, 0.25) is 0 Å². The Morgan fingerprint density at radius 2 is 0.519 bits per heavy atom. The summed E-state index contributed by atoms with van der Waals surface area (Å²) >= 11 is 0. The molecule has 2 unspecified atom stereocenters. The molecule has 0 amide bonds. The van der Waals surface area contributed by atoms with E-state index < -0.39 is 97.5 Å². The maximum atomic E-state index is 13.1. The number of ether oxygens (including phenoxy) is 4. The van der Waals surface area contributed by atoms with Gasteiger partial charge in [-0.1, -0.05) is 368 Å². The lowest BCUT2D eigenvalue weighted by Gasteiger charge is -2.21. The molecule has 0 rings (SSSR count). The Hall–Kier alpha value is -2.46. The van der Waals surface area contributed by atoms with Crippen LogP contribution in [0.3, 0.4) is 0 Å². The van der Waals surface area contributed by atoms with Crippen molar-refractivity contribution in [3.8, 4) is 0 Å². The zero-order valence-corrected chi connectivity index (χ0v) is 69.8. The van der Waals surface area contributed by atoms with Gasteiger partial charge in [0.05, 0.1) is 26.4 Å². The lowest BCUT2D eigenvalue weighted by atomic mass is 10.0.